The minimum atomic E-state index is -3.82. The van der Waals surface area contributed by atoms with Crippen molar-refractivity contribution in [3.8, 4) is 0 Å². The Labute approximate surface area is 230 Å². The molecule has 1 saturated heterocycles. The maximum atomic E-state index is 16.5. The van der Waals surface area contributed by atoms with Gasteiger partial charge in [-0.25, -0.2) is 9.59 Å². The van der Waals surface area contributed by atoms with Gasteiger partial charge in [0.25, 0.3) is 5.56 Å². The highest BCUT2D eigenvalue weighted by molar-refractivity contribution is 6.74. The molecule has 0 N–H and O–H groups in total. The standard InChI is InChI=1S/C26H42F2N2O7Si2/c1-13-15-25(17-35-38(9,10)23(2,3)4)19(37-39(11,12)24(5,6)7)26(27,28)20(36-25)29-16-14-18(31)30(21(29)32)22(33)34-8/h14-16,19-20H,1,17H2,2-12H3/t19-,20-,25-/m1/s1. The third-order valence-corrected chi connectivity index (χ3v) is 17.0. The van der Waals surface area contributed by atoms with Gasteiger partial charge in [-0.1, -0.05) is 48.1 Å². The zero-order valence-corrected chi connectivity index (χ0v) is 26.8. The summed E-state index contributed by atoms with van der Waals surface area (Å²) < 4.78 is 57.0. The first kappa shape index (κ1) is 33.1. The van der Waals surface area contributed by atoms with Crippen LogP contribution in [-0.4, -0.2) is 63.2 Å². The summed E-state index contributed by atoms with van der Waals surface area (Å²) in [5.74, 6) is -3.82. The average Bonchev–Trinajstić information content (AvgIpc) is 2.98. The predicted molar refractivity (Wildman–Crippen MR) is 149 cm³/mol. The lowest BCUT2D eigenvalue weighted by Crippen LogP contribution is -2.58. The molecular formula is C26H42F2N2O7Si2. The Morgan fingerprint density at radius 2 is 1.67 bits per heavy atom. The summed E-state index contributed by atoms with van der Waals surface area (Å²) in [4.78, 5) is 37.5. The first-order valence-corrected chi connectivity index (χ1v) is 18.5. The summed E-state index contributed by atoms with van der Waals surface area (Å²) in [5.41, 5.74) is -1.69. The van der Waals surface area contributed by atoms with Gasteiger partial charge in [0.2, 0.25) is 6.23 Å². The number of halogens is 2. The van der Waals surface area contributed by atoms with Crippen LogP contribution in [0.4, 0.5) is 13.6 Å². The van der Waals surface area contributed by atoms with Crippen molar-refractivity contribution >= 4 is 22.7 Å². The van der Waals surface area contributed by atoms with Crippen molar-refractivity contribution in [2.24, 2.45) is 0 Å². The van der Waals surface area contributed by atoms with Crippen molar-refractivity contribution in [3.63, 3.8) is 0 Å². The first-order valence-electron chi connectivity index (χ1n) is 12.7. The number of hydrogen-bond acceptors (Lipinski definition) is 7. The Bertz CT molecular complexity index is 1250. The molecule has 1 aliphatic heterocycles. The largest absolute Gasteiger partial charge is 0.452 e. The van der Waals surface area contributed by atoms with Crippen LogP contribution in [0.3, 0.4) is 0 Å². The van der Waals surface area contributed by atoms with E-state index in [1.165, 1.54) is 6.08 Å². The second kappa shape index (κ2) is 10.7. The van der Waals surface area contributed by atoms with Crippen LogP contribution in [0.25, 0.3) is 0 Å². The van der Waals surface area contributed by atoms with E-state index in [1.54, 1.807) is 0 Å². The van der Waals surface area contributed by atoms with E-state index in [0.717, 1.165) is 19.4 Å². The molecule has 1 fully saturated rings. The lowest BCUT2D eigenvalue weighted by atomic mass is 9.95. The molecule has 0 amide bonds. The molecule has 0 bridgehead atoms. The molecule has 1 aromatic rings. The SMILES string of the molecule is C=C=C[C@]1(CO[Si](C)(C)C(C)(C)C)O[C@@H](n2ccc(=O)n(C(=O)OC)c2=O)C(F)(F)[C@@H]1O[Si](C)(C)C(C)(C)C. The van der Waals surface area contributed by atoms with Gasteiger partial charge in [0.15, 0.2) is 16.6 Å². The number of hydrogen-bond donors (Lipinski definition) is 0. The summed E-state index contributed by atoms with van der Waals surface area (Å²) >= 11 is 0. The monoisotopic (exact) mass is 588 g/mol. The molecule has 2 heterocycles. The molecule has 220 valence electrons. The normalized spacial score (nSPS) is 23.8. The van der Waals surface area contributed by atoms with E-state index < -0.39 is 62.9 Å². The molecule has 13 heteroatoms. The minimum Gasteiger partial charge on any atom is -0.452 e. The summed E-state index contributed by atoms with van der Waals surface area (Å²) in [5, 5.41) is -0.685. The van der Waals surface area contributed by atoms with E-state index in [1.807, 2.05) is 67.7 Å². The second-order valence-electron chi connectivity index (χ2n) is 12.9. The second-order valence-corrected chi connectivity index (χ2v) is 22.5. The molecular weight excluding hydrogens is 546 g/mol. The smallest absolute Gasteiger partial charge is 0.425 e. The van der Waals surface area contributed by atoms with Crippen LogP contribution < -0.4 is 11.2 Å². The minimum absolute atomic E-state index is 0.124. The third-order valence-electron chi connectivity index (χ3n) is 8.10. The summed E-state index contributed by atoms with van der Waals surface area (Å²) in [6.45, 7) is 22.7. The molecule has 9 nitrogen and oxygen atoms in total. The van der Waals surface area contributed by atoms with E-state index in [2.05, 4.69) is 17.0 Å². The fourth-order valence-electron chi connectivity index (χ4n) is 3.57. The number of ether oxygens (including phenoxy) is 2. The van der Waals surface area contributed by atoms with E-state index in [-0.39, 0.29) is 16.2 Å². The van der Waals surface area contributed by atoms with Crippen LogP contribution in [0.15, 0.2) is 40.2 Å². The van der Waals surface area contributed by atoms with E-state index >= 15 is 8.78 Å². The van der Waals surface area contributed by atoms with Gasteiger partial charge in [0, 0.05) is 12.3 Å². The predicted octanol–water partition coefficient (Wildman–Crippen LogP) is 5.28. The molecule has 0 aromatic carbocycles. The third kappa shape index (κ3) is 6.13. The summed E-state index contributed by atoms with van der Waals surface area (Å²) in [6.07, 6.45) is -3.33. The Morgan fingerprint density at radius 1 is 1.13 bits per heavy atom. The van der Waals surface area contributed by atoms with Crippen molar-refractivity contribution in [2.75, 3.05) is 13.7 Å². The van der Waals surface area contributed by atoms with Crippen molar-refractivity contribution < 1.29 is 31.9 Å². The van der Waals surface area contributed by atoms with Gasteiger partial charge in [0.1, 0.15) is 11.7 Å². The van der Waals surface area contributed by atoms with Gasteiger partial charge in [-0.2, -0.15) is 13.3 Å². The quantitative estimate of drug-likeness (QED) is 0.316. The van der Waals surface area contributed by atoms with Crippen molar-refractivity contribution in [1.29, 1.82) is 0 Å². The van der Waals surface area contributed by atoms with E-state index in [9.17, 15) is 14.4 Å². The van der Waals surface area contributed by atoms with Crippen LogP contribution in [0.5, 0.6) is 0 Å². The molecule has 0 saturated carbocycles. The zero-order chi connectivity index (χ0) is 30.4. The number of nitrogens with zero attached hydrogens (tertiary/aromatic N) is 2. The van der Waals surface area contributed by atoms with Gasteiger partial charge in [-0.15, -0.1) is 5.73 Å². The first-order chi connectivity index (χ1) is 17.5. The lowest BCUT2D eigenvalue weighted by molar-refractivity contribution is -0.140. The number of alkyl halides is 2. The van der Waals surface area contributed by atoms with Gasteiger partial charge in [-0.3, -0.25) is 9.36 Å². The highest BCUT2D eigenvalue weighted by Crippen LogP contribution is 2.53. The molecule has 0 radical (unpaired) electrons. The van der Waals surface area contributed by atoms with Crippen LogP contribution in [0.2, 0.25) is 36.3 Å². The fraction of sp³-hybridized carbons (Fsp3) is 0.692. The Balaban J connectivity index is 2.82. The number of aromatic nitrogens is 2. The highest BCUT2D eigenvalue weighted by Gasteiger charge is 2.69. The number of carbonyl (C=O) groups excluding carboxylic acids is 1. The molecule has 2 rings (SSSR count). The Morgan fingerprint density at radius 3 is 2.13 bits per heavy atom. The highest BCUT2D eigenvalue weighted by atomic mass is 28.4. The molecule has 39 heavy (non-hydrogen) atoms. The van der Waals surface area contributed by atoms with Crippen LogP contribution in [0, 0.1) is 0 Å². The number of carbonyl (C=O) groups is 1. The average molecular weight is 589 g/mol. The number of rotatable bonds is 7. The number of methoxy groups -OCH3 is 1. The van der Waals surface area contributed by atoms with Gasteiger partial charge in [-0.05, 0) is 42.3 Å². The van der Waals surface area contributed by atoms with Crippen LogP contribution in [-0.2, 0) is 18.3 Å². The van der Waals surface area contributed by atoms with Crippen LogP contribution >= 0.6 is 0 Å². The molecule has 3 atom stereocenters. The van der Waals surface area contributed by atoms with Crippen molar-refractivity contribution in [3.05, 3.63) is 51.5 Å². The van der Waals surface area contributed by atoms with E-state index in [0.29, 0.717) is 4.57 Å². The molecule has 0 unspecified atom stereocenters. The van der Waals surface area contributed by atoms with Gasteiger partial charge in [0.05, 0.1) is 13.7 Å². The topological polar surface area (TPSA) is 98.0 Å². The molecule has 1 aromatic heterocycles. The maximum absolute atomic E-state index is 16.5. The Hall–Kier alpha value is -2.16. The van der Waals surface area contributed by atoms with Gasteiger partial charge >= 0.3 is 17.7 Å². The lowest BCUT2D eigenvalue weighted by Gasteiger charge is -2.44. The van der Waals surface area contributed by atoms with E-state index in [4.69, 9.17) is 13.6 Å². The molecule has 1 aliphatic rings. The van der Waals surface area contributed by atoms with Gasteiger partial charge < -0.3 is 18.3 Å². The Kier molecular flexibility index (Phi) is 9.05. The maximum Gasteiger partial charge on any atom is 0.425 e. The van der Waals surface area contributed by atoms with Crippen molar-refractivity contribution in [1.82, 2.24) is 9.13 Å². The molecule has 0 spiro atoms. The zero-order valence-electron chi connectivity index (χ0n) is 24.8. The summed E-state index contributed by atoms with van der Waals surface area (Å²) in [7, 11) is -4.38. The summed E-state index contributed by atoms with van der Waals surface area (Å²) in [6, 6.07) is 0.816. The fourth-order valence-corrected chi connectivity index (χ4v) is 5.89. The van der Waals surface area contributed by atoms with Crippen LogP contribution in [0.1, 0.15) is 47.8 Å². The van der Waals surface area contributed by atoms with Crippen molar-refractivity contribution in [2.45, 2.75) is 102 Å². The molecule has 0 aliphatic carbocycles.